The zero-order valence-corrected chi connectivity index (χ0v) is 8.38. The number of carboxylic acid groups (broad SMARTS) is 3. The van der Waals surface area contributed by atoms with Crippen LogP contribution in [0.5, 0.6) is 0 Å². The van der Waals surface area contributed by atoms with E-state index in [0.717, 1.165) is 12.1 Å². The second-order valence-corrected chi connectivity index (χ2v) is 3.13. The van der Waals surface area contributed by atoms with Gasteiger partial charge in [-0.2, -0.15) is 0 Å². The van der Waals surface area contributed by atoms with Crippen molar-refractivity contribution in [3.8, 4) is 0 Å². The van der Waals surface area contributed by atoms with Gasteiger partial charge in [-0.3, -0.25) is 0 Å². The molecule has 0 radical (unpaired) electrons. The molecule has 7 nitrogen and oxygen atoms in total. The van der Waals surface area contributed by atoms with E-state index in [9.17, 15) is 14.4 Å². The maximum atomic E-state index is 10.8. The van der Waals surface area contributed by atoms with Gasteiger partial charge in [0.05, 0.1) is 23.3 Å². The highest BCUT2D eigenvalue weighted by molar-refractivity contribution is 6.04. The average Bonchev–Trinajstić information content (AvgIpc) is 2.26. The Kier molecular flexibility index (Phi) is 3.44. The molecule has 0 heterocycles. The molecule has 4 N–H and O–H groups in total. The number of hydrogen-bond acceptors (Lipinski definition) is 4. The largest absolute Gasteiger partial charge is 0.478 e. The summed E-state index contributed by atoms with van der Waals surface area (Å²) < 4.78 is 0. The number of aliphatic hydroxyl groups is 1. The quantitative estimate of drug-likeness (QED) is 0.593. The summed E-state index contributed by atoms with van der Waals surface area (Å²) in [6, 6.07) is 1.56. The van der Waals surface area contributed by atoms with E-state index >= 15 is 0 Å². The minimum absolute atomic E-state index is 0.153. The van der Waals surface area contributed by atoms with Gasteiger partial charge in [0.15, 0.2) is 0 Å². The van der Waals surface area contributed by atoms with Crippen molar-refractivity contribution in [2.24, 2.45) is 0 Å². The van der Waals surface area contributed by atoms with Gasteiger partial charge in [0, 0.05) is 0 Å². The number of benzene rings is 1. The highest BCUT2D eigenvalue weighted by Gasteiger charge is 2.21. The summed E-state index contributed by atoms with van der Waals surface area (Å²) in [6.07, 6.45) is 0. The molecule has 7 heteroatoms. The maximum Gasteiger partial charge on any atom is 0.336 e. The second-order valence-electron chi connectivity index (χ2n) is 3.13. The molecule has 0 atom stereocenters. The number of aliphatic hydroxyl groups excluding tert-OH is 1. The highest BCUT2D eigenvalue weighted by Crippen LogP contribution is 2.18. The zero-order valence-electron chi connectivity index (χ0n) is 8.38. The average molecular weight is 240 g/mol. The standard InChI is InChI=1S/C10H8O7/c11-3-4-1-6(9(14)15)7(10(16)17)2-5(4)8(12)13/h1-2,11H,3H2,(H,12,13)(H,14,15)(H,16,17). The number of aromatic carboxylic acids is 3. The van der Waals surface area contributed by atoms with Crippen molar-refractivity contribution in [1.82, 2.24) is 0 Å². The van der Waals surface area contributed by atoms with Gasteiger partial charge in [-0.25, -0.2) is 14.4 Å². The van der Waals surface area contributed by atoms with Crippen LogP contribution in [0.4, 0.5) is 0 Å². The lowest BCUT2D eigenvalue weighted by atomic mass is 9.98. The van der Waals surface area contributed by atoms with Crippen molar-refractivity contribution < 1.29 is 34.8 Å². The van der Waals surface area contributed by atoms with Crippen LogP contribution < -0.4 is 0 Å². The summed E-state index contributed by atoms with van der Waals surface area (Å²) in [6.45, 7) is -0.693. The first-order valence-electron chi connectivity index (χ1n) is 4.36. The summed E-state index contributed by atoms with van der Waals surface area (Å²) in [5.41, 5.74) is -1.78. The predicted molar refractivity (Wildman–Crippen MR) is 53.2 cm³/mol. The summed E-state index contributed by atoms with van der Waals surface area (Å²) in [5, 5.41) is 35.2. The molecule has 0 spiro atoms. The Morgan fingerprint density at radius 1 is 0.824 bits per heavy atom. The Bertz CT molecular complexity index is 504. The van der Waals surface area contributed by atoms with Gasteiger partial charge in [-0.1, -0.05) is 0 Å². The fourth-order valence-electron chi connectivity index (χ4n) is 1.33. The van der Waals surface area contributed by atoms with Crippen molar-refractivity contribution in [3.05, 3.63) is 34.4 Å². The van der Waals surface area contributed by atoms with Gasteiger partial charge in [-0.05, 0) is 17.7 Å². The molecule has 1 aromatic rings. The van der Waals surface area contributed by atoms with Crippen LogP contribution in [0.3, 0.4) is 0 Å². The van der Waals surface area contributed by atoms with E-state index < -0.39 is 41.2 Å². The van der Waals surface area contributed by atoms with E-state index in [-0.39, 0.29) is 5.56 Å². The van der Waals surface area contributed by atoms with E-state index in [1.54, 1.807) is 0 Å². The van der Waals surface area contributed by atoms with Crippen molar-refractivity contribution in [3.63, 3.8) is 0 Å². The molecule has 0 unspecified atom stereocenters. The molecule has 0 aliphatic rings. The molecule has 0 aromatic heterocycles. The third kappa shape index (κ3) is 2.40. The van der Waals surface area contributed by atoms with Crippen LogP contribution in [-0.2, 0) is 6.61 Å². The minimum atomic E-state index is -1.55. The summed E-state index contributed by atoms with van der Waals surface area (Å²) in [7, 11) is 0. The first-order valence-corrected chi connectivity index (χ1v) is 4.36. The normalized spacial score (nSPS) is 9.94. The van der Waals surface area contributed by atoms with Crippen molar-refractivity contribution in [2.45, 2.75) is 6.61 Å². The van der Waals surface area contributed by atoms with E-state index in [1.807, 2.05) is 0 Å². The monoisotopic (exact) mass is 240 g/mol. The van der Waals surface area contributed by atoms with Gasteiger partial charge in [0.25, 0.3) is 0 Å². The number of rotatable bonds is 4. The van der Waals surface area contributed by atoms with Crippen molar-refractivity contribution >= 4 is 17.9 Å². The maximum absolute atomic E-state index is 10.8. The van der Waals surface area contributed by atoms with Crippen LogP contribution in [0, 0.1) is 0 Å². The molecule has 0 aliphatic heterocycles. The van der Waals surface area contributed by atoms with E-state index in [1.165, 1.54) is 0 Å². The smallest absolute Gasteiger partial charge is 0.336 e. The topological polar surface area (TPSA) is 132 Å². The fraction of sp³-hybridized carbons (Fsp3) is 0.100. The van der Waals surface area contributed by atoms with E-state index in [2.05, 4.69) is 0 Å². The first kappa shape index (κ1) is 12.7. The Hall–Kier alpha value is -2.41. The van der Waals surface area contributed by atoms with Crippen LogP contribution in [-0.4, -0.2) is 38.3 Å². The molecule has 0 saturated heterocycles. The molecule has 90 valence electrons. The molecule has 17 heavy (non-hydrogen) atoms. The van der Waals surface area contributed by atoms with Crippen LogP contribution in [0.25, 0.3) is 0 Å². The fourth-order valence-corrected chi connectivity index (χ4v) is 1.33. The van der Waals surface area contributed by atoms with E-state index in [0.29, 0.717) is 0 Å². The third-order valence-corrected chi connectivity index (χ3v) is 2.10. The van der Waals surface area contributed by atoms with Gasteiger partial charge < -0.3 is 20.4 Å². The highest BCUT2D eigenvalue weighted by atomic mass is 16.4. The zero-order chi connectivity index (χ0) is 13.2. The van der Waals surface area contributed by atoms with Crippen molar-refractivity contribution in [2.75, 3.05) is 0 Å². The molecule has 0 aliphatic carbocycles. The van der Waals surface area contributed by atoms with Gasteiger partial charge in [0.1, 0.15) is 0 Å². The molecule has 1 aromatic carbocycles. The first-order chi connectivity index (χ1) is 7.88. The molecular weight excluding hydrogens is 232 g/mol. The second kappa shape index (κ2) is 4.62. The number of carbonyl (C=O) groups is 3. The molecule has 0 fully saturated rings. The molecule has 1 rings (SSSR count). The molecular formula is C10H8O7. The van der Waals surface area contributed by atoms with Crippen LogP contribution in [0.2, 0.25) is 0 Å². The summed E-state index contributed by atoms with van der Waals surface area (Å²) in [5.74, 6) is -4.49. The van der Waals surface area contributed by atoms with E-state index in [4.69, 9.17) is 20.4 Å². The van der Waals surface area contributed by atoms with Gasteiger partial charge in [0.2, 0.25) is 0 Å². The number of hydrogen-bond donors (Lipinski definition) is 4. The Balaban J connectivity index is 3.59. The summed E-state index contributed by atoms with van der Waals surface area (Å²) >= 11 is 0. The van der Waals surface area contributed by atoms with Gasteiger partial charge >= 0.3 is 17.9 Å². The lowest BCUT2D eigenvalue weighted by Gasteiger charge is -2.07. The van der Waals surface area contributed by atoms with Crippen LogP contribution in [0.1, 0.15) is 36.6 Å². The SMILES string of the molecule is O=C(O)c1cc(C(=O)O)c(C(=O)O)cc1CO. The van der Waals surface area contributed by atoms with Crippen molar-refractivity contribution in [1.29, 1.82) is 0 Å². The summed E-state index contributed by atoms with van der Waals surface area (Å²) in [4.78, 5) is 32.4. The predicted octanol–water partition coefficient (Wildman–Crippen LogP) is 0.274. The third-order valence-electron chi connectivity index (χ3n) is 2.10. The lowest BCUT2D eigenvalue weighted by Crippen LogP contribution is -2.13. The van der Waals surface area contributed by atoms with Crippen LogP contribution in [0.15, 0.2) is 12.1 Å². The Morgan fingerprint density at radius 2 is 1.24 bits per heavy atom. The molecule has 0 bridgehead atoms. The molecule has 0 saturated carbocycles. The minimum Gasteiger partial charge on any atom is -0.478 e. The lowest BCUT2D eigenvalue weighted by molar-refractivity contribution is 0.0648. The number of carboxylic acids is 3. The van der Waals surface area contributed by atoms with Crippen LogP contribution >= 0.6 is 0 Å². The Labute approximate surface area is 94.6 Å². The van der Waals surface area contributed by atoms with Gasteiger partial charge in [-0.15, -0.1) is 0 Å². The molecule has 0 amide bonds. The Morgan fingerprint density at radius 3 is 1.59 bits per heavy atom.